The zero-order valence-corrected chi connectivity index (χ0v) is 29.5. The van der Waals surface area contributed by atoms with Crippen LogP contribution in [-0.4, -0.2) is 93.8 Å². The van der Waals surface area contributed by atoms with Crippen molar-refractivity contribution < 1.29 is 34.3 Å². The molecule has 2 saturated heterocycles. The standard InChI is InChI=1S/C37H62N2O7/c1-8-9-26(40)39-16-17-44-27(19-39)46-25-12-13-35-20-36(35)15-14-34(7)28-21(2)18-22(30(41)33(5,6)43)45-29(28)31(42)37(34,38)24(36)11-10-23(35)32(25,3)4/h21-25,27-31,41-43H,8-20,38H2,1-7H3/t21-,22?,23+,24?,25+,27?,28+,29?,30+,31+,34-,35?,36?,37+/m1/s1. The van der Waals surface area contributed by atoms with Gasteiger partial charge in [-0.05, 0) is 117 Å². The molecular formula is C37H62N2O7. The summed E-state index contributed by atoms with van der Waals surface area (Å²) in [6, 6.07) is 0. The Morgan fingerprint density at radius 3 is 2.50 bits per heavy atom. The molecule has 5 N–H and O–H groups in total. The number of carbonyl (C=O) groups is 1. The molecule has 0 bridgehead atoms. The molecule has 6 unspecified atom stereocenters. The van der Waals surface area contributed by atoms with Crippen LogP contribution >= 0.6 is 0 Å². The second kappa shape index (κ2) is 10.8. The van der Waals surface area contributed by atoms with Crippen LogP contribution in [0, 0.1) is 45.3 Å². The average molecular weight is 647 g/mol. The number of rotatable bonds is 6. The molecular weight excluding hydrogens is 584 g/mol. The monoisotopic (exact) mass is 646 g/mol. The fraction of sp³-hybridized carbons (Fsp3) is 0.973. The number of nitrogens with zero attached hydrogens (tertiary/aromatic N) is 1. The lowest BCUT2D eigenvalue weighted by atomic mass is 9.43. The molecule has 2 spiro atoms. The predicted molar refractivity (Wildman–Crippen MR) is 173 cm³/mol. The summed E-state index contributed by atoms with van der Waals surface area (Å²) in [6.07, 6.45) is 6.40. The summed E-state index contributed by atoms with van der Waals surface area (Å²) >= 11 is 0. The molecule has 262 valence electrons. The number of aliphatic hydroxyl groups is 3. The molecule has 1 amide bonds. The van der Waals surface area contributed by atoms with Crippen LogP contribution < -0.4 is 5.73 Å². The van der Waals surface area contributed by atoms with Crippen LogP contribution in [0.25, 0.3) is 0 Å². The molecule has 0 aromatic rings. The Morgan fingerprint density at radius 1 is 1.11 bits per heavy atom. The number of fused-ring (bicyclic) bond motifs is 4. The van der Waals surface area contributed by atoms with E-state index < -0.39 is 35.6 Å². The minimum atomic E-state index is -1.29. The van der Waals surface area contributed by atoms with Gasteiger partial charge >= 0.3 is 0 Å². The first-order valence-corrected chi connectivity index (χ1v) is 18.6. The molecule has 7 fully saturated rings. The minimum absolute atomic E-state index is 0.0470. The summed E-state index contributed by atoms with van der Waals surface area (Å²) in [5, 5.41) is 33.9. The van der Waals surface area contributed by atoms with Crippen LogP contribution in [0.1, 0.15) is 113 Å². The van der Waals surface area contributed by atoms with Gasteiger partial charge in [0, 0.05) is 13.0 Å². The molecule has 9 heteroatoms. The van der Waals surface area contributed by atoms with E-state index in [0.29, 0.717) is 38.5 Å². The highest BCUT2D eigenvalue weighted by Crippen LogP contribution is 2.87. The van der Waals surface area contributed by atoms with Crippen molar-refractivity contribution in [3.8, 4) is 0 Å². The van der Waals surface area contributed by atoms with Crippen LogP contribution in [0.5, 0.6) is 0 Å². The quantitative estimate of drug-likeness (QED) is 0.341. The van der Waals surface area contributed by atoms with Crippen molar-refractivity contribution in [3.63, 3.8) is 0 Å². The second-order valence-corrected chi connectivity index (χ2v) is 18.3. The number of amides is 1. The highest BCUT2D eigenvalue weighted by atomic mass is 16.7. The van der Waals surface area contributed by atoms with Crippen molar-refractivity contribution in [2.45, 2.75) is 161 Å². The lowest BCUT2D eigenvalue weighted by molar-refractivity contribution is -0.245. The van der Waals surface area contributed by atoms with E-state index in [1.165, 1.54) is 6.42 Å². The van der Waals surface area contributed by atoms with Crippen molar-refractivity contribution in [1.82, 2.24) is 4.90 Å². The van der Waals surface area contributed by atoms with Crippen LogP contribution in [0.4, 0.5) is 0 Å². The molecule has 7 rings (SSSR count). The van der Waals surface area contributed by atoms with Crippen molar-refractivity contribution >= 4 is 5.91 Å². The Bertz CT molecular complexity index is 1210. The molecule has 5 aliphatic carbocycles. The molecule has 0 radical (unpaired) electrons. The van der Waals surface area contributed by atoms with Crippen LogP contribution in [0.2, 0.25) is 0 Å². The zero-order valence-electron chi connectivity index (χ0n) is 29.5. The van der Waals surface area contributed by atoms with Crippen LogP contribution in [-0.2, 0) is 19.0 Å². The average Bonchev–Trinajstić information content (AvgIpc) is 3.62. The Hall–Kier alpha value is -0.810. The molecule has 7 aliphatic rings. The predicted octanol–water partition coefficient (Wildman–Crippen LogP) is 3.99. The van der Waals surface area contributed by atoms with Crippen LogP contribution in [0.15, 0.2) is 0 Å². The summed E-state index contributed by atoms with van der Waals surface area (Å²) < 4.78 is 19.4. The maximum atomic E-state index is 12.6. The topological polar surface area (TPSA) is 135 Å². The van der Waals surface area contributed by atoms with E-state index >= 15 is 0 Å². The Morgan fingerprint density at radius 2 is 1.80 bits per heavy atom. The maximum Gasteiger partial charge on any atom is 0.222 e. The summed E-state index contributed by atoms with van der Waals surface area (Å²) in [6.45, 7) is 16.3. The van der Waals surface area contributed by atoms with Gasteiger partial charge in [-0.3, -0.25) is 4.79 Å². The van der Waals surface area contributed by atoms with Gasteiger partial charge in [0.1, 0.15) is 6.10 Å². The van der Waals surface area contributed by atoms with Gasteiger partial charge in [-0.1, -0.05) is 34.6 Å². The van der Waals surface area contributed by atoms with Gasteiger partial charge in [-0.2, -0.15) is 0 Å². The van der Waals surface area contributed by atoms with E-state index in [1.807, 2.05) is 11.8 Å². The lowest BCUT2D eigenvalue weighted by Gasteiger charge is -2.63. The normalized spacial score (nSPS) is 51.6. The number of nitrogens with two attached hydrogens (primary N) is 1. The zero-order chi connectivity index (χ0) is 33.2. The molecule has 2 heterocycles. The summed E-state index contributed by atoms with van der Waals surface area (Å²) in [7, 11) is 0. The van der Waals surface area contributed by atoms with E-state index in [-0.39, 0.29) is 57.7 Å². The van der Waals surface area contributed by atoms with Crippen molar-refractivity contribution in [3.05, 3.63) is 0 Å². The third-order valence-corrected chi connectivity index (χ3v) is 15.5. The van der Waals surface area contributed by atoms with E-state index in [9.17, 15) is 20.1 Å². The third-order valence-electron chi connectivity index (χ3n) is 15.5. The maximum absolute atomic E-state index is 12.6. The highest BCUT2D eigenvalue weighted by molar-refractivity contribution is 5.76. The van der Waals surface area contributed by atoms with E-state index in [0.717, 1.165) is 44.9 Å². The highest BCUT2D eigenvalue weighted by Gasteiger charge is 2.85. The fourth-order valence-electron chi connectivity index (χ4n) is 13.3. The SMILES string of the molecule is CCCC(=O)N1CCOC(O[C@H]2CCC34CC35CC[C@]3(C)[C@@H]6C(OC([C@H](O)C(C)(C)O)C[C@H]6C)[C@H](O)[C@@]3(N)C5CC[C@H]4C2(C)C)C1. The lowest BCUT2D eigenvalue weighted by Crippen LogP contribution is -2.70. The van der Waals surface area contributed by atoms with Gasteiger partial charge in [0.15, 0.2) is 6.29 Å². The van der Waals surface area contributed by atoms with Gasteiger partial charge in [0.25, 0.3) is 0 Å². The Labute approximate surface area is 276 Å². The van der Waals surface area contributed by atoms with E-state index in [1.54, 1.807) is 13.8 Å². The molecule has 2 aliphatic heterocycles. The smallest absolute Gasteiger partial charge is 0.222 e. The first kappa shape index (κ1) is 33.7. The minimum Gasteiger partial charge on any atom is -0.388 e. The van der Waals surface area contributed by atoms with E-state index in [2.05, 4.69) is 27.7 Å². The summed E-state index contributed by atoms with van der Waals surface area (Å²) in [5.41, 5.74) is 5.70. The molecule has 0 aromatic heterocycles. The van der Waals surface area contributed by atoms with Gasteiger partial charge in [0.05, 0.1) is 48.7 Å². The van der Waals surface area contributed by atoms with Crippen molar-refractivity contribution in [2.24, 2.45) is 51.1 Å². The third kappa shape index (κ3) is 4.40. The second-order valence-electron chi connectivity index (χ2n) is 18.3. The number of morpholine rings is 1. The van der Waals surface area contributed by atoms with Crippen molar-refractivity contribution in [1.29, 1.82) is 0 Å². The van der Waals surface area contributed by atoms with Gasteiger partial charge in [-0.15, -0.1) is 0 Å². The first-order valence-electron chi connectivity index (χ1n) is 18.6. The number of aliphatic hydroxyl groups excluding tert-OH is 2. The molecule has 14 atom stereocenters. The van der Waals surface area contributed by atoms with Crippen molar-refractivity contribution in [2.75, 3.05) is 19.7 Å². The molecule has 9 nitrogen and oxygen atoms in total. The largest absolute Gasteiger partial charge is 0.388 e. The molecule has 0 aromatic carbocycles. The Balaban J connectivity index is 1.11. The summed E-state index contributed by atoms with van der Waals surface area (Å²) in [5.74, 6) is 1.24. The number of carbonyl (C=O) groups excluding carboxylic acids is 1. The molecule has 5 saturated carbocycles. The van der Waals surface area contributed by atoms with Gasteiger partial charge in [0.2, 0.25) is 5.91 Å². The first-order chi connectivity index (χ1) is 21.5. The van der Waals surface area contributed by atoms with Gasteiger partial charge in [-0.25, -0.2) is 0 Å². The van der Waals surface area contributed by atoms with Crippen LogP contribution in [0.3, 0.4) is 0 Å². The number of hydrogen-bond donors (Lipinski definition) is 4. The molecule has 46 heavy (non-hydrogen) atoms. The number of ether oxygens (including phenoxy) is 3. The number of hydrogen-bond acceptors (Lipinski definition) is 8. The fourth-order valence-corrected chi connectivity index (χ4v) is 13.3. The summed E-state index contributed by atoms with van der Waals surface area (Å²) in [4.78, 5) is 14.5. The van der Waals surface area contributed by atoms with Gasteiger partial charge < -0.3 is 40.2 Å². The van der Waals surface area contributed by atoms with E-state index in [4.69, 9.17) is 19.9 Å². The Kier molecular flexibility index (Phi) is 7.94.